The summed E-state index contributed by atoms with van der Waals surface area (Å²) in [7, 11) is 0. The summed E-state index contributed by atoms with van der Waals surface area (Å²) in [6.45, 7) is 7.69. The molecule has 1 amide bonds. The van der Waals surface area contributed by atoms with Crippen LogP contribution in [0.25, 0.3) is 0 Å². The lowest BCUT2D eigenvalue weighted by Crippen LogP contribution is -2.54. The maximum atomic E-state index is 11.7. The summed E-state index contributed by atoms with van der Waals surface area (Å²) in [5, 5.41) is 2.86. The number of rotatable bonds is 3. The Balaban J connectivity index is 2.51. The third-order valence-corrected chi connectivity index (χ3v) is 3.20. The average molecular weight is 213 g/mol. The van der Waals surface area contributed by atoms with Gasteiger partial charge in [0.15, 0.2) is 0 Å². The Hall–Kier alpha value is -0.610. The number of amides is 1. The van der Waals surface area contributed by atoms with Crippen LogP contribution in [0.1, 0.15) is 33.6 Å². The molecule has 1 heterocycles. The van der Waals surface area contributed by atoms with E-state index in [1.165, 1.54) is 0 Å². The zero-order valence-corrected chi connectivity index (χ0v) is 9.99. The van der Waals surface area contributed by atoms with Gasteiger partial charge in [0.25, 0.3) is 0 Å². The highest BCUT2D eigenvalue weighted by Gasteiger charge is 2.29. The fourth-order valence-electron chi connectivity index (χ4n) is 2.27. The number of nitrogens with two attached hydrogens (primary N) is 1. The average Bonchev–Trinajstić information content (AvgIpc) is 2.17. The van der Waals surface area contributed by atoms with Crippen LogP contribution in [0.5, 0.6) is 0 Å². The van der Waals surface area contributed by atoms with Gasteiger partial charge >= 0.3 is 0 Å². The lowest BCUT2D eigenvalue weighted by Gasteiger charge is -2.39. The van der Waals surface area contributed by atoms with Crippen LogP contribution in [0.15, 0.2) is 0 Å². The van der Waals surface area contributed by atoms with Crippen LogP contribution in [-0.4, -0.2) is 42.0 Å². The lowest BCUT2D eigenvalue weighted by atomic mass is 9.97. The normalized spacial score (nSPS) is 29.9. The van der Waals surface area contributed by atoms with Crippen molar-refractivity contribution in [3.63, 3.8) is 0 Å². The first-order chi connectivity index (χ1) is 7.06. The number of hydrogen-bond acceptors (Lipinski definition) is 3. The Labute approximate surface area is 92.2 Å². The Morgan fingerprint density at radius 2 is 2.33 bits per heavy atom. The molecule has 1 saturated heterocycles. The number of hydrogen-bond donors (Lipinski definition) is 2. The molecular weight excluding hydrogens is 190 g/mol. The maximum absolute atomic E-state index is 11.7. The van der Waals surface area contributed by atoms with Gasteiger partial charge in [-0.2, -0.15) is 0 Å². The van der Waals surface area contributed by atoms with Crippen molar-refractivity contribution in [3.8, 4) is 0 Å². The molecule has 0 spiro atoms. The predicted octanol–water partition coefficient (Wildman–Crippen LogP) is 0.323. The second-order valence-electron chi connectivity index (χ2n) is 4.44. The molecule has 4 heteroatoms. The number of nitrogens with zero attached hydrogens (tertiary/aromatic N) is 1. The van der Waals surface area contributed by atoms with E-state index < -0.39 is 0 Å². The molecule has 0 saturated carbocycles. The third kappa shape index (κ3) is 3.18. The molecule has 3 N–H and O–H groups in total. The number of carbonyl (C=O) groups is 1. The highest BCUT2D eigenvalue weighted by molar-refractivity contribution is 5.81. The highest BCUT2D eigenvalue weighted by atomic mass is 16.2. The van der Waals surface area contributed by atoms with E-state index in [4.69, 9.17) is 5.73 Å². The van der Waals surface area contributed by atoms with E-state index in [1.54, 1.807) is 0 Å². The molecule has 1 fully saturated rings. The van der Waals surface area contributed by atoms with Gasteiger partial charge in [-0.05, 0) is 33.6 Å². The number of nitrogens with one attached hydrogen (secondary N) is 1. The van der Waals surface area contributed by atoms with E-state index in [1.807, 2.05) is 13.8 Å². The van der Waals surface area contributed by atoms with Crippen molar-refractivity contribution < 1.29 is 4.79 Å². The summed E-state index contributed by atoms with van der Waals surface area (Å²) < 4.78 is 0. The van der Waals surface area contributed by atoms with Crippen molar-refractivity contribution in [2.45, 2.75) is 51.7 Å². The summed E-state index contributed by atoms with van der Waals surface area (Å²) in [5.41, 5.74) is 5.90. The number of likely N-dealkylation sites (tertiary alicyclic amines) is 1. The molecule has 0 radical (unpaired) electrons. The topological polar surface area (TPSA) is 58.4 Å². The summed E-state index contributed by atoms with van der Waals surface area (Å²) in [6, 6.07) is 0.677. The SMILES string of the molecule is CCNC(=O)C(C)N1CCC(N)CC1C. The van der Waals surface area contributed by atoms with Gasteiger partial charge in [0.1, 0.15) is 0 Å². The lowest BCUT2D eigenvalue weighted by molar-refractivity contribution is -0.127. The molecule has 1 aliphatic rings. The fourth-order valence-corrected chi connectivity index (χ4v) is 2.27. The molecule has 15 heavy (non-hydrogen) atoms. The van der Waals surface area contributed by atoms with Gasteiger partial charge in [0.2, 0.25) is 5.91 Å². The monoisotopic (exact) mass is 213 g/mol. The molecular formula is C11H23N3O. The van der Waals surface area contributed by atoms with Gasteiger partial charge in [-0.25, -0.2) is 0 Å². The molecule has 0 aromatic heterocycles. The first kappa shape index (κ1) is 12.5. The number of carbonyl (C=O) groups excluding carboxylic acids is 1. The van der Waals surface area contributed by atoms with Gasteiger partial charge in [-0.1, -0.05) is 0 Å². The Morgan fingerprint density at radius 3 is 2.87 bits per heavy atom. The molecule has 3 unspecified atom stereocenters. The highest BCUT2D eigenvalue weighted by Crippen LogP contribution is 2.18. The quantitative estimate of drug-likeness (QED) is 0.710. The molecule has 1 aliphatic heterocycles. The van der Waals surface area contributed by atoms with E-state index in [9.17, 15) is 4.79 Å². The molecule has 0 aliphatic carbocycles. The fraction of sp³-hybridized carbons (Fsp3) is 0.909. The minimum absolute atomic E-state index is 0.0348. The summed E-state index contributed by atoms with van der Waals surface area (Å²) in [6.07, 6.45) is 1.98. The van der Waals surface area contributed by atoms with Crippen LogP contribution >= 0.6 is 0 Å². The summed E-state index contributed by atoms with van der Waals surface area (Å²) in [4.78, 5) is 13.9. The largest absolute Gasteiger partial charge is 0.355 e. The number of likely N-dealkylation sites (N-methyl/N-ethyl adjacent to an activating group) is 1. The standard InChI is InChI=1S/C11H23N3O/c1-4-13-11(15)9(3)14-6-5-10(12)7-8(14)2/h8-10H,4-7,12H2,1-3H3,(H,13,15). The molecule has 1 rings (SSSR count). The molecule has 4 nitrogen and oxygen atoms in total. The van der Waals surface area contributed by atoms with Gasteiger partial charge in [-0.3, -0.25) is 9.69 Å². The van der Waals surface area contributed by atoms with Gasteiger partial charge < -0.3 is 11.1 Å². The summed E-state index contributed by atoms with van der Waals surface area (Å²) >= 11 is 0. The molecule has 0 aromatic carbocycles. The second-order valence-corrected chi connectivity index (χ2v) is 4.44. The van der Waals surface area contributed by atoms with E-state index in [0.29, 0.717) is 18.6 Å². The van der Waals surface area contributed by atoms with Crippen molar-refractivity contribution in [2.24, 2.45) is 5.73 Å². The van der Waals surface area contributed by atoms with Crippen LogP contribution in [0, 0.1) is 0 Å². The van der Waals surface area contributed by atoms with Crippen molar-refractivity contribution in [2.75, 3.05) is 13.1 Å². The third-order valence-electron chi connectivity index (χ3n) is 3.20. The molecule has 88 valence electrons. The van der Waals surface area contributed by atoms with Crippen LogP contribution in [0.4, 0.5) is 0 Å². The van der Waals surface area contributed by atoms with Crippen LogP contribution < -0.4 is 11.1 Å². The Morgan fingerprint density at radius 1 is 1.67 bits per heavy atom. The van der Waals surface area contributed by atoms with Gasteiger partial charge in [-0.15, -0.1) is 0 Å². The van der Waals surface area contributed by atoms with Crippen molar-refractivity contribution in [1.29, 1.82) is 0 Å². The second kappa shape index (κ2) is 5.47. The number of piperidine rings is 1. The van der Waals surface area contributed by atoms with E-state index in [2.05, 4.69) is 17.1 Å². The molecule has 0 aromatic rings. The summed E-state index contributed by atoms with van der Waals surface area (Å²) in [5.74, 6) is 0.125. The smallest absolute Gasteiger partial charge is 0.237 e. The zero-order valence-electron chi connectivity index (χ0n) is 9.99. The predicted molar refractivity (Wildman–Crippen MR) is 61.5 cm³/mol. The zero-order chi connectivity index (χ0) is 11.4. The molecule has 3 atom stereocenters. The van der Waals surface area contributed by atoms with Crippen LogP contribution in [0.2, 0.25) is 0 Å². The first-order valence-electron chi connectivity index (χ1n) is 5.85. The van der Waals surface area contributed by atoms with E-state index >= 15 is 0 Å². The minimum atomic E-state index is -0.0348. The minimum Gasteiger partial charge on any atom is -0.355 e. The molecule has 0 bridgehead atoms. The Bertz CT molecular complexity index is 220. The van der Waals surface area contributed by atoms with Crippen molar-refractivity contribution >= 4 is 5.91 Å². The van der Waals surface area contributed by atoms with Crippen molar-refractivity contribution in [1.82, 2.24) is 10.2 Å². The van der Waals surface area contributed by atoms with Gasteiger partial charge in [0, 0.05) is 25.2 Å². The van der Waals surface area contributed by atoms with Crippen LogP contribution in [0.3, 0.4) is 0 Å². The Kier molecular flexibility index (Phi) is 4.54. The van der Waals surface area contributed by atoms with E-state index in [0.717, 1.165) is 19.4 Å². The maximum Gasteiger partial charge on any atom is 0.237 e. The van der Waals surface area contributed by atoms with E-state index in [-0.39, 0.29) is 11.9 Å². The van der Waals surface area contributed by atoms with Crippen molar-refractivity contribution in [3.05, 3.63) is 0 Å². The first-order valence-corrected chi connectivity index (χ1v) is 5.85. The van der Waals surface area contributed by atoms with Crippen LogP contribution in [-0.2, 0) is 4.79 Å². The van der Waals surface area contributed by atoms with Gasteiger partial charge in [0.05, 0.1) is 6.04 Å².